The molecular formula is C22H27FNO3P. The number of rotatable bonds is 5. The molecule has 28 heavy (non-hydrogen) atoms. The molecule has 2 aromatic rings. The minimum absolute atomic E-state index is 0.0778. The molecule has 2 rings (SSSR count). The van der Waals surface area contributed by atoms with Gasteiger partial charge < -0.3 is 4.74 Å². The van der Waals surface area contributed by atoms with E-state index in [2.05, 4.69) is 9.24 Å². The van der Waals surface area contributed by atoms with E-state index in [4.69, 9.17) is 4.74 Å². The lowest BCUT2D eigenvalue weighted by Gasteiger charge is -2.26. The van der Waals surface area contributed by atoms with Crippen molar-refractivity contribution >= 4 is 32.1 Å². The Bertz CT molecular complexity index is 854. The third kappa shape index (κ3) is 5.62. The van der Waals surface area contributed by atoms with Gasteiger partial charge in [0.25, 0.3) is 5.91 Å². The third-order valence-corrected chi connectivity index (χ3v) is 4.54. The van der Waals surface area contributed by atoms with Crippen LogP contribution in [0.1, 0.15) is 56.5 Å². The van der Waals surface area contributed by atoms with Crippen LogP contribution in [-0.4, -0.2) is 24.0 Å². The maximum Gasteiger partial charge on any atom is 0.326 e. The first-order valence-electron chi connectivity index (χ1n) is 9.17. The molecule has 0 aromatic heterocycles. The van der Waals surface area contributed by atoms with Gasteiger partial charge in [-0.3, -0.25) is 14.5 Å². The summed E-state index contributed by atoms with van der Waals surface area (Å²) in [5.74, 6) is -1.54. The average Bonchev–Trinajstić information content (AvgIpc) is 2.58. The Hall–Kier alpha value is -2.26. The molecule has 0 aliphatic heterocycles. The van der Waals surface area contributed by atoms with Gasteiger partial charge in [-0.05, 0) is 55.8 Å². The normalized spacial score (nSPS) is 11.4. The van der Waals surface area contributed by atoms with Crippen molar-refractivity contribution < 1.29 is 18.7 Å². The minimum Gasteiger partial charge on any atom is -0.459 e. The third-order valence-electron chi connectivity index (χ3n) is 4.06. The van der Waals surface area contributed by atoms with Crippen LogP contribution in [0.2, 0.25) is 0 Å². The van der Waals surface area contributed by atoms with E-state index in [9.17, 15) is 14.0 Å². The van der Waals surface area contributed by atoms with Crippen molar-refractivity contribution in [1.29, 1.82) is 0 Å². The summed E-state index contributed by atoms with van der Waals surface area (Å²) in [4.78, 5) is 27.0. The highest BCUT2D eigenvalue weighted by atomic mass is 31.0. The molecule has 6 heteroatoms. The Morgan fingerprint density at radius 1 is 1.14 bits per heavy atom. The van der Waals surface area contributed by atoms with Crippen LogP contribution in [-0.2, 0) is 9.53 Å². The highest BCUT2D eigenvalue weighted by Gasteiger charge is 2.27. The Kier molecular flexibility index (Phi) is 6.95. The van der Waals surface area contributed by atoms with Crippen molar-refractivity contribution in [3.63, 3.8) is 0 Å². The number of ether oxygens (including phenoxy) is 1. The van der Waals surface area contributed by atoms with Crippen molar-refractivity contribution in [2.45, 2.75) is 46.1 Å². The van der Waals surface area contributed by atoms with Gasteiger partial charge in [0, 0.05) is 5.69 Å². The van der Waals surface area contributed by atoms with Crippen LogP contribution in [0.15, 0.2) is 42.5 Å². The fourth-order valence-electron chi connectivity index (χ4n) is 2.74. The zero-order valence-electron chi connectivity index (χ0n) is 17.0. The summed E-state index contributed by atoms with van der Waals surface area (Å²) in [6, 6.07) is 11.8. The van der Waals surface area contributed by atoms with Crippen LogP contribution in [0.5, 0.6) is 0 Å². The van der Waals surface area contributed by atoms with Gasteiger partial charge in [0.05, 0.1) is 5.56 Å². The number of halogens is 1. The predicted molar refractivity (Wildman–Crippen MR) is 114 cm³/mol. The largest absolute Gasteiger partial charge is 0.459 e. The van der Waals surface area contributed by atoms with E-state index in [1.54, 1.807) is 32.9 Å². The Balaban J connectivity index is 2.48. The summed E-state index contributed by atoms with van der Waals surface area (Å²) < 4.78 is 19.8. The molecule has 0 aliphatic rings. The van der Waals surface area contributed by atoms with E-state index in [0.717, 1.165) is 5.56 Å². The van der Waals surface area contributed by atoms with Crippen LogP contribution >= 0.6 is 9.24 Å². The van der Waals surface area contributed by atoms with Crippen molar-refractivity contribution in [3.8, 4) is 0 Å². The zero-order valence-corrected chi connectivity index (χ0v) is 18.1. The highest BCUT2D eigenvalue weighted by molar-refractivity contribution is 7.27. The molecule has 2 aromatic carbocycles. The zero-order chi connectivity index (χ0) is 21.1. The highest BCUT2D eigenvalue weighted by Crippen LogP contribution is 2.24. The van der Waals surface area contributed by atoms with E-state index in [1.165, 1.54) is 17.0 Å². The van der Waals surface area contributed by atoms with Crippen LogP contribution < -0.4 is 10.2 Å². The van der Waals surface area contributed by atoms with Gasteiger partial charge >= 0.3 is 5.97 Å². The lowest BCUT2D eigenvalue weighted by Crippen LogP contribution is -2.40. The molecule has 0 bridgehead atoms. The molecule has 0 saturated carbocycles. The molecule has 150 valence electrons. The predicted octanol–water partition coefficient (Wildman–Crippen LogP) is 4.44. The topological polar surface area (TPSA) is 46.6 Å². The molecule has 0 radical (unpaired) electrons. The number of hydrogen-bond donors (Lipinski definition) is 0. The number of anilines is 1. The van der Waals surface area contributed by atoms with E-state index in [-0.39, 0.29) is 18.0 Å². The molecule has 0 spiro atoms. The number of carbonyl (C=O) groups excluding carboxylic acids is 2. The summed E-state index contributed by atoms with van der Waals surface area (Å²) >= 11 is 0. The van der Waals surface area contributed by atoms with E-state index in [1.807, 2.05) is 32.0 Å². The molecule has 0 N–H and O–H groups in total. The summed E-state index contributed by atoms with van der Waals surface area (Å²) in [5.41, 5.74) is 0.773. The molecule has 4 nitrogen and oxygen atoms in total. The van der Waals surface area contributed by atoms with Gasteiger partial charge in [-0.2, -0.15) is 0 Å². The monoisotopic (exact) mass is 403 g/mol. The smallest absolute Gasteiger partial charge is 0.326 e. The minimum atomic E-state index is -0.685. The lowest BCUT2D eigenvalue weighted by atomic mass is 10.0. The van der Waals surface area contributed by atoms with Crippen LogP contribution in [0.4, 0.5) is 10.1 Å². The van der Waals surface area contributed by atoms with E-state index < -0.39 is 23.3 Å². The number of carbonyl (C=O) groups is 2. The fraction of sp³-hybridized carbons (Fsp3) is 0.364. The number of hydrogen-bond acceptors (Lipinski definition) is 3. The Morgan fingerprint density at radius 2 is 1.79 bits per heavy atom. The second-order valence-electron chi connectivity index (χ2n) is 7.93. The van der Waals surface area contributed by atoms with Crippen molar-refractivity contribution in [3.05, 3.63) is 59.4 Å². The molecule has 1 atom stereocenters. The van der Waals surface area contributed by atoms with Gasteiger partial charge in [0.15, 0.2) is 0 Å². The first-order chi connectivity index (χ1) is 13.0. The molecule has 1 amide bonds. The van der Waals surface area contributed by atoms with Crippen molar-refractivity contribution in [1.82, 2.24) is 0 Å². The standard InChI is InChI=1S/C22H27FNO3P/c1-14(2)15-8-6-9-16(12-15)24(13-19(25)27-22(3,4)5)21(26)20-17(23)10-7-11-18(20)28/h6-12,14H,13,28H2,1-5H3. The van der Waals surface area contributed by atoms with Gasteiger partial charge in [-0.1, -0.05) is 38.1 Å². The summed E-state index contributed by atoms with van der Waals surface area (Å²) in [6.07, 6.45) is 0. The Labute approximate surface area is 168 Å². The van der Waals surface area contributed by atoms with E-state index in [0.29, 0.717) is 11.0 Å². The average molecular weight is 403 g/mol. The second-order valence-corrected chi connectivity index (χ2v) is 8.55. The molecule has 0 saturated heterocycles. The molecule has 0 fully saturated rings. The van der Waals surface area contributed by atoms with E-state index >= 15 is 0 Å². The van der Waals surface area contributed by atoms with Crippen LogP contribution in [0.3, 0.4) is 0 Å². The Morgan fingerprint density at radius 3 is 2.36 bits per heavy atom. The van der Waals surface area contributed by atoms with Gasteiger partial charge in [-0.25, -0.2) is 4.39 Å². The van der Waals surface area contributed by atoms with Gasteiger partial charge in [0.2, 0.25) is 0 Å². The maximum atomic E-state index is 14.4. The summed E-state index contributed by atoms with van der Waals surface area (Å²) in [5, 5.41) is 0.430. The molecule has 0 aliphatic carbocycles. The lowest BCUT2D eigenvalue weighted by molar-refractivity contribution is -0.152. The quantitative estimate of drug-likeness (QED) is 0.548. The fourth-order valence-corrected chi connectivity index (χ4v) is 3.11. The maximum absolute atomic E-state index is 14.4. The number of benzene rings is 2. The van der Waals surface area contributed by atoms with Crippen molar-refractivity contribution in [2.75, 3.05) is 11.4 Å². The van der Waals surface area contributed by atoms with Crippen LogP contribution in [0, 0.1) is 5.82 Å². The first kappa shape index (κ1) is 22.0. The van der Waals surface area contributed by atoms with Crippen LogP contribution in [0.25, 0.3) is 0 Å². The SMILES string of the molecule is CC(C)c1cccc(N(CC(=O)OC(C)(C)C)C(=O)c2c(F)cccc2P)c1. The van der Waals surface area contributed by atoms with Gasteiger partial charge in [0.1, 0.15) is 18.0 Å². The molecule has 0 heterocycles. The molecular weight excluding hydrogens is 376 g/mol. The molecule has 1 unspecified atom stereocenters. The van der Waals surface area contributed by atoms with Crippen molar-refractivity contribution in [2.24, 2.45) is 0 Å². The number of amides is 1. The van der Waals surface area contributed by atoms with Gasteiger partial charge in [-0.15, -0.1) is 9.24 Å². The summed E-state index contributed by atoms with van der Waals surface area (Å²) in [7, 11) is 2.37. The summed E-state index contributed by atoms with van der Waals surface area (Å²) in [6.45, 7) is 9.04. The first-order valence-corrected chi connectivity index (χ1v) is 9.75. The number of nitrogens with zero attached hydrogens (tertiary/aromatic N) is 1. The second kappa shape index (κ2) is 8.83. The number of esters is 1.